The highest BCUT2D eigenvalue weighted by atomic mass is 28.3. The molecule has 54 heavy (non-hydrogen) atoms. The van der Waals surface area contributed by atoms with Crippen LogP contribution in [0.25, 0.3) is 0 Å². The molecule has 0 bridgehead atoms. The fraction of sp³-hybridized carbons (Fsp3) is 0.463. The summed E-state index contributed by atoms with van der Waals surface area (Å²) in [6.07, 6.45) is 0.232. The molecule has 3 heterocycles. The summed E-state index contributed by atoms with van der Waals surface area (Å²) in [6.45, 7) is 7.85. The van der Waals surface area contributed by atoms with Gasteiger partial charge in [0.1, 0.15) is 12.4 Å². The van der Waals surface area contributed by atoms with Crippen LogP contribution in [0, 0.1) is 5.92 Å². The van der Waals surface area contributed by atoms with E-state index < -0.39 is 25.9 Å². The van der Waals surface area contributed by atoms with Crippen LogP contribution in [-0.4, -0.2) is 95.1 Å². The minimum atomic E-state index is -2.57. The number of amides is 3. The van der Waals surface area contributed by atoms with E-state index in [4.69, 9.17) is 18.9 Å². The van der Waals surface area contributed by atoms with E-state index in [9.17, 15) is 19.5 Å². The van der Waals surface area contributed by atoms with Crippen LogP contribution in [0.5, 0.6) is 5.75 Å². The normalized spacial score (nSPS) is 22.1. The molecule has 2 saturated heterocycles. The Morgan fingerprint density at radius 2 is 1.76 bits per heavy atom. The Morgan fingerprint density at radius 1 is 1.02 bits per heavy atom. The fourth-order valence-corrected chi connectivity index (χ4v) is 12.7. The monoisotopic (exact) mass is 757 g/mol. The molecule has 6 rings (SSSR count). The summed E-state index contributed by atoms with van der Waals surface area (Å²) in [6, 6.07) is 23.2. The van der Waals surface area contributed by atoms with Crippen LogP contribution in [0.4, 0.5) is 16.2 Å². The van der Waals surface area contributed by atoms with Crippen molar-refractivity contribution in [1.82, 2.24) is 4.90 Å². The molecule has 3 aliphatic heterocycles. The predicted octanol–water partition coefficient (Wildman–Crippen LogP) is 4.97. The van der Waals surface area contributed by atoms with Gasteiger partial charge in [0.05, 0.1) is 53.7 Å². The van der Waals surface area contributed by atoms with Crippen LogP contribution >= 0.6 is 0 Å². The summed E-state index contributed by atoms with van der Waals surface area (Å²) in [5, 5.41) is 11.1. The summed E-state index contributed by atoms with van der Waals surface area (Å²) in [5.41, 5.74) is 1.22. The quantitative estimate of drug-likeness (QED) is 0.130. The number of esters is 1. The molecule has 0 aromatic heterocycles. The number of unbranched alkanes of at least 4 members (excludes halogenated alkanes) is 1. The van der Waals surface area contributed by atoms with Gasteiger partial charge in [-0.05, 0) is 54.3 Å². The van der Waals surface area contributed by atoms with E-state index in [1.807, 2.05) is 60.7 Å². The van der Waals surface area contributed by atoms with Crippen molar-refractivity contribution in [3.8, 4) is 5.75 Å². The van der Waals surface area contributed by atoms with Gasteiger partial charge in [0.25, 0.3) is 5.91 Å². The molecule has 0 unspecified atom stereocenters. The number of carbonyl (C=O) groups is 4. The molecule has 1 spiro atoms. The maximum absolute atomic E-state index is 15.2. The highest BCUT2D eigenvalue weighted by Gasteiger charge is 2.66. The Bertz CT molecular complexity index is 1840. The molecule has 4 atom stereocenters. The Balaban J connectivity index is 1.43. The van der Waals surface area contributed by atoms with Crippen molar-refractivity contribution in [3.05, 3.63) is 83.9 Å². The number of carbonyl (C=O) groups excluding carboxylic acids is 4. The second-order valence-corrected chi connectivity index (χ2v) is 19.5. The third kappa shape index (κ3) is 7.36. The number of ether oxygens (including phenoxy) is 4. The van der Waals surface area contributed by atoms with Crippen molar-refractivity contribution in [2.45, 2.75) is 69.5 Å². The van der Waals surface area contributed by atoms with Gasteiger partial charge in [-0.15, -0.1) is 0 Å². The number of rotatable bonds is 15. The highest BCUT2D eigenvalue weighted by molar-refractivity contribution is 6.91. The van der Waals surface area contributed by atoms with Gasteiger partial charge in [-0.3, -0.25) is 19.3 Å². The van der Waals surface area contributed by atoms with Crippen molar-refractivity contribution in [3.63, 3.8) is 0 Å². The topological polar surface area (TPSA) is 135 Å². The number of anilines is 2. The van der Waals surface area contributed by atoms with Crippen molar-refractivity contribution in [2.24, 2.45) is 5.92 Å². The minimum Gasteiger partial charge on any atom is -0.497 e. The summed E-state index contributed by atoms with van der Waals surface area (Å²) in [5.74, 6) is -0.353. The average Bonchev–Trinajstić information content (AvgIpc) is 3.81. The van der Waals surface area contributed by atoms with Crippen LogP contribution in [0.2, 0.25) is 18.6 Å². The second-order valence-electron chi connectivity index (χ2n) is 14.8. The molecule has 3 amide bonds. The molecule has 12 nitrogen and oxygen atoms in total. The molecule has 0 aliphatic carbocycles. The first kappa shape index (κ1) is 39.0. The average molecular weight is 758 g/mol. The summed E-state index contributed by atoms with van der Waals surface area (Å²) in [7, 11) is 0.413. The molecule has 3 aromatic carbocycles. The number of nitrogens with zero attached hydrogens (tertiary/aromatic N) is 3. The largest absolute Gasteiger partial charge is 0.497 e. The summed E-state index contributed by atoms with van der Waals surface area (Å²) >= 11 is 0. The zero-order chi connectivity index (χ0) is 38.6. The molecule has 2 fully saturated rings. The zero-order valence-corrected chi connectivity index (χ0v) is 32.8. The molecule has 3 aliphatic rings. The third-order valence-electron chi connectivity index (χ3n) is 11.4. The van der Waals surface area contributed by atoms with E-state index in [0.29, 0.717) is 49.4 Å². The predicted molar refractivity (Wildman–Crippen MR) is 206 cm³/mol. The van der Waals surface area contributed by atoms with Crippen LogP contribution < -0.4 is 19.7 Å². The van der Waals surface area contributed by atoms with E-state index >= 15 is 4.79 Å². The minimum absolute atomic E-state index is 0.00998. The summed E-state index contributed by atoms with van der Waals surface area (Å²) in [4.78, 5) is 59.1. The number of aliphatic hydroxyl groups excluding tert-OH is 1. The molecule has 288 valence electrons. The van der Waals surface area contributed by atoms with Gasteiger partial charge >= 0.3 is 12.1 Å². The lowest BCUT2D eigenvalue weighted by atomic mass is 9.82. The Hall–Kier alpha value is -4.72. The smallest absolute Gasteiger partial charge is 0.414 e. The standard InChI is InChI=1S/C41H51N3O9Si/c1-28-38(54(4,5)32-17-15-31(50-2)16-18-32)35(26-36(46)42(21-23-45)27-29-11-7-6-8-12-29)53-41(28)33-25-30(43-22-24-52-40(43)49)14-19-34(33)44(39(41)48)20-10-9-13-37(47)51-3/h6-8,11-12,14-19,25,28,35,38,45H,9-10,13,20-24,26-27H2,1-5H3/t28-,35+,38-,41+/m0/s1. The van der Waals surface area contributed by atoms with Gasteiger partial charge in [-0.25, -0.2) is 4.79 Å². The second kappa shape index (κ2) is 16.3. The van der Waals surface area contributed by atoms with Crippen molar-refractivity contribution >= 4 is 48.5 Å². The lowest BCUT2D eigenvalue weighted by Gasteiger charge is -2.37. The third-order valence-corrected chi connectivity index (χ3v) is 15.8. The zero-order valence-electron chi connectivity index (χ0n) is 31.8. The number of benzene rings is 3. The molecule has 1 N–H and O–H groups in total. The van der Waals surface area contributed by atoms with Crippen LogP contribution in [-0.2, 0) is 40.7 Å². The number of hydrogen-bond donors (Lipinski definition) is 1. The van der Waals surface area contributed by atoms with E-state index in [0.717, 1.165) is 16.5 Å². The molecule has 0 radical (unpaired) electrons. The number of fused-ring (bicyclic) bond motifs is 2. The van der Waals surface area contributed by atoms with Crippen molar-refractivity contribution in [2.75, 3.05) is 56.9 Å². The maximum atomic E-state index is 15.2. The number of methoxy groups -OCH3 is 2. The van der Waals surface area contributed by atoms with Crippen molar-refractivity contribution < 1.29 is 43.2 Å². The first-order valence-electron chi connectivity index (χ1n) is 18.7. The van der Waals surface area contributed by atoms with E-state index in [1.54, 1.807) is 21.8 Å². The SMILES string of the molecule is COC(=O)CCCCN1C(=O)[C@]2(O[C@H](CC(=O)N(CCO)Cc3ccccc3)[C@@H]([Si](C)(C)c3ccc(OC)cc3)[C@@H]2C)c2cc(N3CCOC3=O)ccc21. The van der Waals surface area contributed by atoms with E-state index in [1.165, 1.54) is 7.11 Å². The fourth-order valence-electron chi connectivity index (χ4n) is 8.68. The Labute approximate surface area is 317 Å². The number of hydrogen-bond acceptors (Lipinski definition) is 9. The molecule has 13 heteroatoms. The molecule has 3 aromatic rings. The Kier molecular flexibility index (Phi) is 11.8. The Morgan fingerprint density at radius 3 is 2.41 bits per heavy atom. The highest BCUT2D eigenvalue weighted by Crippen LogP contribution is 2.60. The molecular weight excluding hydrogens is 707 g/mol. The number of aliphatic hydroxyl groups is 1. The van der Waals surface area contributed by atoms with Gasteiger partial charge < -0.3 is 33.9 Å². The number of cyclic esters (lactones) is 1. The maximum Gasteiger partial charge on any atom is 0.414 e. The van der Waals surface area contributed by atoms with Crippen molar-refractivity contribution in [1.29, 1.82) is 0 Å². The molecular formula is C41H51N3O9Si. The van der Waals surface area contributed by atoms with E-state index in [-0.39, 0.29) is 61.8 Å². The van der Waals surface area contributed by atoms with Crippen LogP contribution in [0.15, 0.2) is 72.8 Å². The summed E-state index contributed by atoms with van der Waals surface area (Å²) < 4.78 is 22.8. The first-order chi connectivity index (χ1) is 26.0. The van der Waals surface area contributed by atoms with Gasteiger partial charge in [0, 0.05) is 43.2 Å². The molecule has 0 saturated carbocycles. The van der Waals surface area contributed by atoms with E-state index in [2.05, 4.69) is 32.2 Å². The van der Waals surface area contributed by atoms with Gasteiger partial charge in [0.15, 0.2) is 5.60 Å². The lowest BCUT2D eigenvalue weighted by molar-refractivity contribution is -0.149. The van der Waals surface area contributed by atoms with Gasteiger partial charge in [-0.1, -0.05) is 67.7 Å². The lowest BCUT2D eigenvalue weighted by Crippen LogP contribution is -2.52. The van der Waals surface area contributed by atoms with Gasteiger partial charge in [0.2, 0.25) is 5.91 Å². The van der Waals surface area contributed by atoms with Gasteiger partial charge in [-0.2, -0.15) is 0 Å². The first-order valence-corrected chi connectivity index (χ1v) is 21.8. The van der Waals surface area contributed by atoms with Crippen LogP contribution in [0.1, 0.15) is 43.7 Å². The van der Waals surface area contributed by atoms with Crippen LogP contribution in [0.3, 0.4) is 0 Å².